The van der Waals surface area contributed by atoms with Crippen molar-refractivity contribution in [3.63, 3.8) is 0 Å². The van der Waals surface area contributed by atoms with Crippen LogP contribution >= 0.6 is 0 Å². The van der Waals surface area contributed by atoms with E-state index >= 15 is 0 Å². The molecule has 1 saturated carbocycles. The number of non-ortho nitro benzene ring substituents is 1. The Kier molecular flexibility index (Phi) is 5.02. The van der Waals surface area contributed by atoms with Gasteiger partial charge in [0.15, 0.2) is 0 Å². The van der Waals surface area contributed by atoms with Crippen LogP contribution in [0.4, 0.5) is 5.69 Å². The molecule has 122 valence electrons. The number of benzene rings is 1. The molecular formula is C14H20N2O5S. The molecule has 0 spiro atoms. The van der Waals surface area contributed by atoms with Crippen molar-refractivity contribution in [3.8, 4) is 5.75 Å². The monoisotopic (exact) mass is 328 g/mol. The fourth-order valence-corrected chi connectivity index (χ4v) is 4.05. The Bertz CT molecular complexity index is 655. The van der Waals surface area contributed by atoms with Crippen molar-refractivity contribution in [2.24, 2.45) is 5.92 Å². The quantitative estimate of drug-likeness (QED) is 0.540. The Morgan fingerprint density at radius 3 is 2.59 bits per heavy atom. The third-order valence-electron chi connectivity index (χ3n) is 3.61. The first-order chi connectivity index (χ1) is 10.4. The smallest absolute Gasteiger partial charge is 0.271 e. The lowest BCUT2D eigenvalue weighted by atomic mass is 10.3. The summed E-state index contributed by atoms with van der Waals surface area (Å²) in [5.41, 5.74) is -0.262. The zero-order chi connectivity index (χ0) is 16.3. The van der Waals surface area contributed by atoms with E-state index in [1.807, 2.05) is 6.92 Å². The van der Waals surface area contributed by atoms with Crippen LogP contribution in [0, 0.1) is 16.0 Å². The second-order valence-corrected chi connectivity index (χ2v) is 7.31. The van der Waals surface area contributed by atoms with Crippen LogP contribution in [0.5, 0.6) is 5.75 Å². The van der Waals surface area contributed by atoms with Gasteiger partial charge in [0.25, 0.3) is 5.69 Å². The van der Waals surface area contributed by atoms with E-state index < -0.39 is 14.9 Å². The summed E-state index contributed by atoms with van der Waals surface area (Å²) in [6.07, 6.45) is 2.74. The summed E-state index contributed by atoms with van der Waals surface area (Å²) in [6, 6.07) is 3.64. The lowest BCUT2D eigenvalue weighted by molar-refractivity contribution is -0.385. The van der Waals surface area contributed by atoms with Crippen LogP contribution in [0.15, 0.2) is 23.1 Å². The van der Waals surface area contributed by atoms with Gasteiger partial charge in [0.05, 0.1) is 12.0 Å². The number of nitro benzene ring substituents is 1. The number of sulfonamides is 1. The summed E-state index contributed by atoms with van der Waals surface area (Å²) < 4.78 is 32.2. The van der Waals surface area contributed by atoms with E-state index in [0.29, 0.717) is 25.4 Å². The normalized spacial score (nSPS) is 15.0. The molecule has 0 atom stereocenters. The summed E-state index contributed by atoms with van der Waals surface area (Å²) in [6.45, 7) is 2.76. The second kappa shape index (κ2) is 6.62. The van der Waals surface area contributed by atoms with Gasteiger partial charge in [-0.05, 0) is 31.2 Å². The largest absolute Gasteiger partial charge is 0.495 e. The van der Waals surface area contributed by atoms with E-state index in [9.17, 15) is 18.5 Å². The third kappa shape index (κ3) is 3.56. The van der Waals surface area contributed by atoms with Crippen molar-refractivity contribution < 1.29 is 18.1 Å². The SMILES string of the molecule is CCCN(CC1CC1)S(=O)(=O)c1cc([N+](=O)[O-])ccc1OC. The fourth-order valence-electron chi connectivity index (χ4n) is 2.27. The van der Waals surface area contributed by atoms with Crippen molar-refractivity contribution in [1.29, 1.82) is 0 Å². The summed E-state index contributed by atoms with van der Waals surface area (Å²) in [7, 11) is -2.46. The molecule has 0 radical (unpaired) electrons. The summed E-state index contributed by atoms with van der Waals surface area (Å²) in [5, 5.41) is 10.9. The van der Waals surface area contributed by atoms with Gasteiger partial charge in [-0.1, -0.05) is 6.92 Å². The molecule has 2 rings (SSSR count). The molecule has 1 aliphatic carbocycles. The molecular weight excluding hydrogens is 308 g/mol. The predicted octanol–water partition coefficient (Wildman–Crippen LogP) is 2.41. The standard InChI is InChI=1S/C14H20N2O5S/c1-3-8-15(10-11-4-5-11)22(19,20)14-9-12(16(17)18)6-7-13(14)21-2/h6-7,9,11H,3-5,8,10H2,1-2H3. The summed E-state index contributed by atoms with van der Waals surface area (Å²) in [4.78, 5) is 10.2. The van der Waals surface area contributed by atoms with Gasteiger partial charge in [0, 0.05) is 25.2 Å². The third-order valence-corrected chi connectivity index (χ3v) is 5.49. The molecule has 0 aliphatic heterocycles. The van der Waals surface area contributed by atoms with Crippen molar-refractivity contribution in [2.75, 3.05) is 20.2 Å². The maximum Gasteiger partial charge on any atom is 0.271 e. The molecule has 1 aromatic rings. The van der Waals surface area contributed by atoms with Gasteiger partial charge >= 0.3 is 0 Å². The van der Waals surface area contributed by atoms with E-state index in [-0.39, 0.29) is 16.3 Å². The van der Waals surface area contributed by atoms with E-state index in [0.717, 1.165) is 18.9 Å². The van der Waals surface area contributed by atoms with Crippen molar-refractivity contribution >= 4 is 15.7 Å². The van der Waals surface area contributed by atoms with Crippen molar-refractivity contribution in [2.45, 2.75) is 31.1 Å². The Morgan fingerprint density at radius 1 is 1.41 bits per heavy atom. The highest BCUT2D eigenvalue weighted by atomic mass is 32.2. The van der Waals surface area contributed by atoms with Gasteiger partial charge in [0.1, 0.15) is 10.6 Å². The molecule has 0 amide bonds. The Hall–Kier alpha value is -1.67. The van der Waals surface area contributed by atoms with Crippen LogP contribution in [-0.2, 0) is 10.0 Å². The first kappa shape index (κ1) is 16.7. The number of rotatable bonds is 8. The molecule has 8 heteroatoms. The molecule has 0 saturated heterocycles. The van der Waals surface area contributed by atoms with Crippen LogP contribution in [0.25, 0.3) is 0 Å². The number of ether oxygens (including phenoxy) is 1. The topological polar surface area (TPSA) is 89.8 Å². The summed E-state index contributed by atoms with van der Waals surface area (Å²) in [5.74, 6) is 0.522. The van der Waals surface area contributed by atoms with Crippen molar-refractivity contribution in [1.82, 2.24) is 4.31 Å². The van der Waals surface area contributed by atoms with E-state index in [2.05, 4.69) is 0 Å². The van der Waals surface area contributed by atoms with Gasteiger partial charge in [-0.2, -0.15) is 4.31 Å². The molecule has 0 N–H and O–H groups in total. The number of nitro groups is 1. The minimum Gasteiger partial charge on any atom is -0.495 e. The van der Waals surface area contributed by atoms with Gasteiger partial charge in [-0.15, -0.1) is 0 Å². The van der Waals surface area contributed by atoms with E-state index in [1.54, 1.807) is 0 Å². The van der Waals surface area contributed by atoms with Crippen LogP contribution in [0.3, 0.4) is 0 Å². The zero-order valence-corrected chi connectivity index (χ0v) is 13.5. The molecule has 1 aliphatic rings. The number of nitrogens with zero attached hydrogens (tertiary/aromatic N) is 2. The Balaban J connectivity index is 2.44. The summed E-state index contributed by atoms with van der Waals surface area (Å²) >= 11 is 0. The Morgan fingerprint density at radius 2 is 2.09 bits per heavy atom. The maximum absolute atomic E-state index is 12.9. The second-order valence-electron chi connectivity index (χ2n) is 5.40. The predicted molar refractivity (Wildman–Crippen MR) is 81.4 cm³/mol. The number of hydrogen-bond acceptors (Lipinski definition) is 5. The highest BCUT2D eigenvalue weighted by Crippen LogP contribution is 2.34. The number of methoxy groups -OCH3 is 1. The lowest BCUT2D eigenvalue weighted by Crippen LogP contribution is -2.34. The lowest BCUT2D eigenvalue weighted by Gasteiger charge is -2.22. The van der Waals surface area contributed by atoms with Gasteiger partial charge in [0.2, 0.25) is 10.0 Å². The minimum atomic E-state index is -3.81. The zero-order valence-electron chi connectivity index (χ0n) is 12.7. The van der Waals surface area contributed by atoms with Gasteiger partial charge < -0.3 is 4.74 Å². The molecule has 22 heavy (non-hydrogen) atoms. The average molecular weight is 328 g/mol. The molecule has 0 heterocycles. The first-order valence-corrected chi connectivity index (χ1v) is 8.66. The van der Waals surface area contributed by atoms with Crippen LogP contribution in [-0.4, -0.2) is 37.8 Å². The van der Waals surface area contributed by atoms with Gasteiger partial charge in [-0.25, -0.2) is 8.42 Å². The molecule has 7 nitrogen and oxygen atoms in total. The molecule has 1 aromatic carbocycles. The van der Waals surface area contributed by atoms with Crippen LogP contribution in [0.1, 0.15) is 26.2 Å². The maximum atomic E-state index is 12.9. The number of hydrogen-bond donors (Lipinski definition) is 0. The highest BCUT2D eigenvalue weighted by Gasteiger charge is 2.33. The molecule has 1 fully saturated rings. The first-order valence-electron chi connectivity index (χ1n) is 7.22. The van der Waals surface area contributed by atoms with Crippen molar-refractivity contribution in [3.05, 3.63) is 28.3 Å². The van der Waals surface area contributed by atoms with Crippen LogP contribution in [0.2, 0.25) is 0 Å². The van der Waals surface area contributed by atoms with E-state index in [4.69, 9.17) is 4.74 Å². The highest BCUT2D eigenvalue weighted by molar-refractivity contribution is 7.89. The minimum absolute atomic E-state index is 0.127. The Labute approximate surface area is 130 Å². The molecule has 0 unspecified atom stereocenters. The van der Waals surface area contributed by atoms with Gasteiger partial charge in [-0.3, -0.25) is 10.1 Å². The molecule has 0 aromatic heterocycles. The van der Waals surface area contributed by atoms with Crippen LogP contribution < -0.4 is 4.74 Å². The average Bonchev–Trinajstić information content (AvgIpc) is 3.30. The van der Waals surface area contributed by atoms with E-state index in [1.165, 1.54) is 23.5 Å². The fraction of sp³-hybridized carbons (Fsp3) is 0.571. The molecule has 0 bridgehead atoms.